The summed E-state index contributed by atoms with van der Waals surface area (Å²) in [4.78, 5) is 2.38. The Morgan fingerprint density at radius 1 is 0.800 bits per heavy atom. The zero-order valence-corrected chi connectivity index (χ0v) is 12.2. The van der Waals surface area contributed by atoms with Gasteiger partial charge < -0.3 is 10.2 Å². The SMILES string of the molecule is CC(C)[N-]C(C)C.CCN(CC)CC.[Li+]. The summed E-state index contributed by atoms with van der Waals surface area (Å²) in [6, 6.07) is 1.000. The maximum absolute atomic E-state index is 4.28. The molecule has 0 aliphatic rings. The van der Waals surface area contributed by atoms with E-state index >= 15 is 0 Å². The first-order valence-corrected chi connectivity index (χ1v) is 5.90. The van der Waals surface area contributed by atoms with Crippen LogP contribution in [0.2, 0.25) is 0 Å². The number of rotatable bonds is 5. The van der Waals surface area contributed by atoms with E-state index in [0.29, 0.717) is 12.1 Å². The maximum atomic E-state index is 4.28. The Bertz CT molecular complexity index is 90.3. The molecule has 3 heteroatoms. The molecule has 0 fully saturated rings. The van der Waals surface area contributed by atoms with Gasteiger partial charge in [0.1, 0.15) is 0 Å². The molecule has 0 aliphatic carbocycles. The fraction of sp³-hybridized carbons (Fsp3) is 1.00. The first kappa shape index (κ1) is 20.9. The molecule has 0 bridgehead atoms. The molecule has 2 nitrogen and oxygen atoms in total. The molecule has 88 valence electrons. The van der Waals surface area contributed by atoms with E-state index in [1.54, 1.807) is 0 Å². The van der Waals surface area contributed by atoms with Crippen LogP contribution in [0.1, 0.15) is 48.5 Å². The van der Waals surface area contributed by atoms with Gasteiger partial charge in [0.2, 0.25) is 0 Å². The fourth-order valence-electron chi connectivity index (χ4n) is 1.27. The van der Waals surface area contributed by atoms with E-state index in [1.807, 2.05) is 0 Å². The van der Waals surface area contributed by atoms with E-state index in [2.05, 4.69) is 58.7 Å². The number of nitrogens with zero attached hydrogens (tertiary/aromatic N) is 2. The summed E-state index contributed by atoms with van der Waals surface area (Å²) in [6.45, 7) is 18.5. The Hall–Kier alpha value is 0.517. The second-order valence-electron chi connectivity index (χ2n) is 3.96. The minimum atomic E-state index is 0. The Morgan fingerprint density at radius 3 is 1.07 bits per heavy atom. The molecule has 0 spiro atoms. The van der Waals surface area contributed by atoms with Crippen LogP contribution in [0.15, 0.2) is 0 Å². The summed E-state index contributed by atoms with van der Waals surface area (Å²) < 4.78 is 0. The normalized spacial score (nSPS) is 10.0. The summed E-state index contributed by atoms with van der Waals surface area (Å²) in [5, 5.41) is 4.28. The standard InChI is InChI=1S/C6H14N.C6H15N.Li/c1-5(2)7-6(3)4;1-4-7(5-2)6-3;/h5-6H,1-4H3;4-6H2,1-3H3;/q-1;;+1. The Kier molecular flexibility index (Phi) is 20.2. The van der Waals surface area contributed by atoms with Crippen LogP contribution >= 0.6 is 0 Å². The van der Waals surface area contributed by atoms with E-state index in [1.165, 1.54) is 19.6 Å². The molecule has 0 atom stereocenters. The topological polar surface area (TPSA) is 17.3 Å². The monoisotopic (exact) mass is 208 g/mol. The first-order valence-electron chi connectivity index (χ1n) is 5.90. The summed E-state index contributed by atoms with van der Waals surface area (Å²) in [5.74, 6) is 0. The van der Waals surface area contributed by atoms with Crippen LogP contribution < -0.4 is 18.9 Å². The van der Waals surface area contributed by atoms with Crippen molar-refractivity contribution in [3.05, 3.63) is 5.32 Å². The molecule has 0 radical (unpaired) electrons. The van der Waals surface area contributed by atoms with Gasteiger partial charge in [-0.1, -0.05) is 48.5 Å². The van der Waals surface area contributed by atoms with Crippen LogP contribution in [-0.4, -0.2) is 36.6 Å². The largest absolute Gasteiger partial charge is 1.00 e. The molecule has 0 aliphatic heterocycles. The molecule has 0 aromatic carbocycles. The van der Waals surface area contributed by atoms with Crippen LogP contribution in [0.25, 0.3) is 5.32 Å². The van der Waals surface area contributed by atoms with Crippen LogP contribution in [0.5, 0.6) is 0 Å². The predicted molar refractivity (Wildman–Crippen MR) is 67.1 cm³/mol. The molecule has 0 rings (SSSR count). The van der Waals surface area contributed by atoms with Gasteiger partial charge in [0.05, 0.1) is 0 Å². The first-order chi connectivity index (χ1) is 6.47. The van der Waals surface area contributed by atoms with Gasteiger partial charge in [0, 0.05) is 0 Å². The third-order valence-corrected chi connectivity index (χ3v) is 1.94. The molecule has 0 N–H and O–H groups in total. The van der Waals surface area contributed by atoms with Crippen LogP contribution in [0.4, 0.5) is 0 Å². The van der Waals surface area contributed by atoms with Gasteiger partial charge in [-0.25, -0.2) is 0 Å². The minimum Gasteiger partial charge on any atom is -0.658 e. The number of hydrogen-bond donors (Lipinski definition) is 0. The molecular formula is C12H29LiN2. The Balaban J connectivity index is -0.000000180. The average Bonchev–Trinajstić information content (AvgIpc) is 2.06. The van der Waals surface area contributed by atoms with Gasteiger partial charge in [0.25, 0.3) is 0 Å². The van der Waals surface area contributed by atoms with Gasteiger partial charge >= 0.3 is 18.9 Å². The number of hydrogen-bond acceptors (Lipinski definition) is 1. The smallest absolute Gasteiger partial charge is 0.658 e. The molecule has 0 amide bonds. The Labute approximate surface area is 109 Å². The van der Waals surface area contributed by atoms with Gasteiger partial charge in [-0.05, 0) is 19.6 Å². The van der Waals surface area contributed by atoms with Crippen molar-refractivity contribution in [3.8, 4) is 0 Å². The Morgan fingerprint density at radius 2 is 1.07 bits per heavy atom. The average molecular weight is 208 g/mol. The van der Waals surface area contributed by atoms with E-state index < -0.39 is 0 Å². The predicted octanol–water partition coefficient (Wildman–Crippen LogP) is 0.529. The summed E-state index contributed by atoms with van der Waals surface area (Å²) in [6.07, 6.45) is 0. The summed E-state index contributed by atoms with van der Waals surface area (Å²) in [5.41, 5.74) is 0. The summed E-state index contributed by atoms with van der Waals surface area (Å²) in [7, 11) is 0. The molecule has 0 saturated carbocycles. The van der Waals surface area contributed by atoms with Crippen LogP contribution in [0, 0.1) is 0 Å². The van der Waals surface area contributed by atoms with E-state index in [0.717, 1.165) is 0 Å². The van der Waals surface area contributed by atoms with Gasteiger partial charge in [0.15, 0.2) is 0 Å². The molecule has 15 heavy (non-hydrogen) atoms. The van der Waals surface area contributed by atoms with Crippen molar-refractivity contribution in [2.24, 2.45) is 0 Å². The van der Waals surface area contributed by atoms with Crippen molar-refractivity contribution in [1.82, 2.24) is 4.90 Å². The van der Waals surface area contributed by atoms with Crippen molar-refractivity contribution in [2.75, 3.05) is 19.6 Å². The molecule has 0 aromatic rings. The van der Waals surface area contributed by atoms with E-state index in [9.17, 15) is 0 Å². The molecule has 0 aromatic heterocycles. The second-order valence-corrected chi connectivity index (χ2v) is 3.96. The zero-order valence-electron chi connectivity index (χ0n) is 12.2. The van der Waals surface area contributed by atoms with Crippen molar-refractivity contribution in [1.29, 1.82) is 0 Å². The fourth-order valence-corrected chi connectivity index (χ4v) is 1.27. The molecule has 0 unspecified atom stereocenters. The maximum Gasteiger partial charge on any atom is 1.00 e. The van der Waals surface area contributed by atoms with Crippen LogP contribution in [-0.2, 0) is 0 Å². The second kappa shape index (κ2) is 14.5. The van der Waals surface area contributed by atoms with Crippen molar-refractivity contribution in [3.63, 3.8) is 0 Å². The van der Waals surface area contributed by atoms with E-state index in [-0.39, 0.29) is 18.9 Å². The van der Waals surface area contributed by atoms with Crippen molar-refractivity contribution in [2.45, 2.75) is 60.5 Å². The van der Waals surface area contributed by atoms with Crippen molar-refractivity contribution >= 4 is 0 Å². The van der Waals surface area contributed by atoms with Crippen molar-refractivity contribution < 1.29 is 18.9 Å². The van der Waals surface area contributed by atoms with E-state index in [4.69, 9.17) is 0 Å². The third kappa shape index (κ3) is 20.6. The van der Waals surface area contributed by atoms with Gasteiger partial charge in [-0.2, -0.15) is 0 Å². The molecule has 0 heterocycles. The molecule has 0 saturated heterocycles. The minimum absolute atomic E-state index is 0. The van der Waals surface area contributed by atoms with Gasteiger partial charge in [-0.3, -0.25) is 0 Å². The van der Waals surface area contributed by atoms with Crippen LogP contribution in [0.3, 0.4) is 0 Å². The summed E-state index contributed by atoms with van der Waals surface area (Å²) >= 11 is 0. The molecular weight excluding hydrogens is 179 g/mol. The van der Waals surface area contributed by atoms with Gasteiger partial charge in [-0.15, -0.1) is 12.1 Å². The quantitative estimate of drug-likeness (QED) is 0.602. The zero-order chi connectivity index (χ0) is 11.6. The third-order valence-electron chi connectivity index (χ3n) is 1.94.